The molecule has 104 valence electrons. The number of anilines is 1. The summed E-state index contributed by atoms with van der Waals surface area (Å²) in [6, 6.07) is 7.88. The number of hydrogen-bond acceptors (Lipinski definition) is 4. The molecule has 0 spiro atoms. The Balaban J connectivity index is 1.94. The molecule has 0 saturated heterocycles. The van der Waals surface area contributed by atoms with Crippen LogP contribution in [-0.4, -0.2) is 15.2 Å². The molecule has 0 unspecified atom stereocenters. The molecule has 1 aliphatic rings. The van der Waals surface area contributed by atoms with Crippen LogP contribution in [0, 0.1) is 0 Å². The minimum absolute atomic E-state index is 0.393. The molecule has 1 saturated carbocycles. The van der Waals surface area contributed by atoms with Gasteiger partial charge in [-0.25, -0.2) is 0 Å². The van der Waals surface area contributed by atoms with E-state index < -0.39 is 0 Å². The first-order chi connectivity index (χ1) is 10.2. The number of aromatic nitrogens is 3. The Kier molecular flexibility index (Phi) is 2.79. The largest absolute Gasteiger partial charge is 0.382 e. The maximum absolute atomic E-state index is 6.35. The quantitative estimate of drug-likeness (QED) is 0.781. The van der Waals surface area contributed by atoms with Crippen molar-refractivity contribution in [3.8, 4) is 11.1 Å². The van der Waals surface area contributed by atoms with Gasteiger partial charge in [0.25, 0.3) is 0 Å². The van der Waals surface area contributed by atoms with Gasteiger partial charge in [0, 0.05) is 23.3 Å². The molecule has 5 heteroatoms. The van der Waals surface area contributed by atoms with Crippen molar-refractivity contribution in [1.82, 2.24) is 15.2 Å². The van der Waals surface area contributed by atoms with Crippen molar-refractivity contribution in [1.29, 1.82) is 0 Å². The number of hydrogen-bond donors (Lipinski definition) is 1. The van der Waals surface area contributed by atoms with Crippen LogP contribution in [0.3, 0.4) is 0 Å². The number of fused-ring (bicyclic) bond motifs is 1. The van der Waals surface area contributed by atoms with E-state index >= 15 is 0 Å². The molecule has 21 heavy (non-hydrogen) atoms. The summed E-state index contributed by atoms with van der Waals surface area (Å²) in [7, 11) is 0. The van der Waals surface area contributed by atoms with E-state index in [1.807, 2.05) is 18.5 Å². The third-order valence-corrected chi connectivity index (χ3v) is 4.13. The van der Waals surface area contributed by atoms with Crippen molar-refractivity contribution in [3.63, 3.8) is 0 Å². The van der Waals surface area contributed by atoms with Crippen LogP contribution in [0.25, 0.3) is 22.0 Å². The highest BCUT2D eigenvalue weighted by Crippen LogP contribution is 2.44. The molecular formula is C16H13ClN4. The monoisotopic (exact) mass is 296 g/mol. The number of pyridine rings is 1. The summed E-state index contributed by atoms with van der Waals surface area (Å²) < 4.78 is 0. The normalized spacial score (nSPS) is 14.5. The lowest BCUT2D eigenvalue weighted by Gasteiger charge is -2.10. The Hall–Kier alpha value is -2.20. The van der Waals surface area contributed by atoms with Crippen molar-refractivity contribution in [2.45, 2.75) is 18.8 Å². The third-order valence-electron chi connectivity index (χ3n) is 3.84. The van der Waals surface area contributed by atoms with Crippen LogP contribution >= 0.6 is 11.6 Å². The lowest BCUT2D eigenvalue weighted by atomic mass is 9.98. The van der Waals surface area contributed by atoms with Gasteiger partial charge in [0.15, 0.2) is 0 Å². The zero-order valence-corrected chi connectivity index (χ0v) is 12.0. The Labute approximate surface area is 127 Å². The van der Waals surface area contributed by atoms with Gasteiger partial charge in [0.1, 0.15) is 11.3 Å². The summed E-state index contributed by atoms with van der Waals surface area (Å²) in [4.78, 5) is 4.26. The van der Waals surface area contributed by atoms with Crippen LogP contribution < -0.4 is 5.73 Å². The zero-order valence-electron chi connectivity index (χ0n) is 11.3. The van der Waals surface area contributed by atoms with Crippen LogP contribution in [-0.2, 0) is 0 Å². The first-order valence-electron chi connectivity index (χ1n) is 6.89. The molecule has 1 fully saturated rings. The van der Waals surface area contributed by atoms with Gasteiger partial charge in [-0.3, -0.25) is 4.98 Å². The maximum atomic E-state index is 6.35. The standard InChI is InChI=1S/C16H13ClN4/c17-14-6-10(5-11-7-15(18)20-21-16(11)14)13-8-19-4-3-12(13)9-1-2-9/h3-9H,1-2H2,(H2,18,20). The van der Waals surface area contributed by atoms with Gasteiger partial charge in [-0.05, 0) is 54.2 Å². The van der Waals surface area contributed by atoms with E-state index in [0.717, 1.165) is 16.5 Å². The maximum Gasteiger partial charge on any atom is 0.146 e. The molecule has 2 heterocycles. The molecule has 0 bridgehead atoms. The fourth-order valence-corrected chi connectivity index (χ4v) is 2.95. The summed E-state index contributed by atoms with van der Waals surface area (Å²) in [5.74, 6) is 1.04. The molecule has 0 atom stereocenters. The molecule has 4 rings (SSSR count). The van der Waals surface area contributed by atoms with Crippen molar-refractivity contribution in [3.05, 3.63) is 47.2 Å². The Morgan fingerprint density at radius 3 is 2.81 bits per heavy atom. The van der Waals surface area contributed by atoms with Crippen LogP contribution in [0.15, 0.2) is 36.7 Å². The molecule has 0 amide bonds. The minimum Gasteiger partial charge on any atom is -0.382 e. The Bertz CT molecular complexity index is 843. The van der Waals surface area contributed by atoms with Gasteiger partial charge >= 0.3 is 0 Å². The second-order valence-electron chi connectivity index (χ2n) is 5.40. The number of rotatable bonds is 2. The van der Waals surface area contributed by atoms with Crippen molar-refractivity contribution in [2.75, 3.05) is 5.73 Å². The number of nitrogen functional groups attached to an aromatic ring is 1. The minimum atomic E-state index is 0.393. The highest BCUT2D eigenvalue weighted by atomic mass is 35.5. The Morgan fingerprint density at radius 2 is 2.00 bits per heavy atom. The second kappa shape index (κ2) is 4.67. The van der Waals surface area contributed by atoms with E-state index in [0.29, 0.717) is 22.3 Å². The molecule has 4 nitrogen and oxygen atoms in total. The summed E-state index contributed by atoms with van der Waals surface area (Å²) in [5, 5.41) is 9.40. The second-order valence-corrected chi connectivity index (χ2v) is 5.81. The lowest BCUT2D eigenvalue weighted by molar-refractivity contribution is 1.09. The SMILES string of the molecule is Nc1cc2cc(-c3cnccc3C3CC3)cc(Cl)c2nn1. The van der Waals surface area contributed by atoms with Crippen LogP contribution in [0.5, 0.6) is 0 Å². The van der Waals surface area contributed by atoms with Gasteiger partial charge in [0.2, 0.25) is 0 Å². The van der Waals surface area contributed by atoms with E-state index in [9.17, 15) is 0 Å². The van der Waals surface area contributed by atoms with Gasteiger partial charge in [-0.1, -0.05) is 11.6 Å². The van der Waals surface area contributed by atoms with Crippen molar-refractivity contribution in [2.24, 2.45) is 0 Å². The highest BCUT2D eigenvalue weighted by molar-refractivity contribution is 6.35. The van der Waals surface area contributed by atoms with Gasteiger partial charge in [-0.15, -0.1) is 10.2 Å². The van der Waals surface area contributed by atoms with E-state index in [-0.39, 0.29) is 0 Å². The molecule has 1 aromatic carbocycles. The average Bonchev–Trinajstić information content (AvgIpc) is 3.31. The molecule has 0 radical (unpaired) electrons. The fraction of sp³-hybridized carbons (Fsp3) is 0.188. The fourth-order valence-electron chi connectivity index (χ4n) is 2.68. The summed E-state index contributed by atoms with van der Waals surface area (Å²) in [6.07, 6.45) is 6.25. The first-order valence-corrected chi connectivity index (χ1v) is 7.27. The topological polar surface area (TPSA) is 64.7 Å². The summed E-state index contributed by atoms with van der Waals surface area (Å²) in [5.41, 5.74) is 9.93. The van der Waals surface area contributed by atoms with E-state index in [2.05, 4.69) is 27.3 Å². The predicted octanol–water partition coefficient (Wildman–Crippen LogP) is 3.80. The van der Waals surface area contributed by atoms with Gasteiger partial charge < -0.3 is 5.73 Å². The van der Waals surface area contributed by atoms with Gasteiger partial charge in [0.05, 0.1) is 5.02 Å². The van der Waals surface area contributed by atoms with Crippen LogP contribution in [0.1, 0.15) is 24.3 Å². The predicted molar refractivity (Wildman–Crippen MR) is 84.2 cm³/mol. The smallest absolute Gasteiger partial charge is 0.146 e. The van der Waals surface area contributed by atoms with E-state index in [4.69, 9.17) is 17.3 Å². The number of benzene rings is 1. The molecular weight excluding hydrogens is 284 g/mol. The molecule has 1 aliphatic carbocycles. The molecule has 2 N–H and O–H groups in total. The number of nitrogens with zero attached hydrogens (tertiary/aromatic N) is 3. The summed E-state index contributed by atoms with van der Waals surface area (Å²) in [6.45, 7) is 0. The summed E-state index contributed by atoms with van der Waals surface area (Å²) >= 11 is 6.35. The van der Waals surface area contributed by atoms with Gasteiger partial charge in [-0.2, -0.15) is 0 Å². The van der Waals surface area contributed by atoms with Crippen LogP contribution in [0.2, 0.25) is 5.02 Å². The van der Waals surface area contributed by atoms with Crippen molar-refractivity contribution < 1.29 is 0 Å². The molecule has 3 aromatic rings. The number of nitrogens with two attached hydrogens (primary N) is 1. The number of halogens is 1. The first kappa shape index (κ1) is 12.5. The zero-order chi connectivity index (χ0) is 14.4. The lowest BCUT2D eigenvalue weighted by Crippen LogP contribution is -1.95. The highest BCUT2D eigenvalue weighted by Gasteiger charge is 2.26. The Morgan fingerprint density at radius 1 is 1.14 bits per heavy atom. The third kappa shape index (κ3) is 2.21. The average molecular weight is 297 g/mol. The van der Waals surface area contributed by atoms with E-state index in [1.54, 1.807) is 6.07 Å². The van der Waals surface area contributed by atoms with Crippen LogP contribution in [0.4, 0.5) is 5.82 Å². The van der Waals surface area contributed by atoms with E-state index in [1.165, 1.54) is 18.4 Å². The molecule has 2 aromatic heterocycles. The van der Waals surface area contributed by atoms with Crippen molar-refractivity contribution >= 4 is 28.3 Å². The molecule has 0 aliphatic heterocycles.